The van der Waals surface area contributed by atoms with Gasteiger partial charge < -0.3 is 0 Å². The van der Waals surface area contributed by atoms with Gasteiger partial charge in [-0.3, -0.25) is 9.80 Å². The van der Waals surface area contributed by atoms with Crippen LogP contribution in [0.3, 0.4) is 0 Å². The Hall–Kier alpha value is -0.150. The van der Waals surface area contributed by atoms with Crippen LogP contribution in [0, 0.1) is 11.3 Å². The van der Waals surface area contributed by atoms with Gasteiger partial charge in [0.25, 0.3) is 0 Å². The SMILES string of the molecule is CC(C)(C)[C@H]1CCN(C2CN(C(C)(C)C)C2)C[C@@H]1F. The Balaban J connectivity index is 1.84. The number of piperidine rings is 1. The number of halogens is 1. The lowest BCUT2D eigenvalue weighted by Gasteiger charge is -2.53. The summed E-state index contributed by atoms with van der Waals surface area (Å²) in [4.78, 5) is 4.87. The van der Waals surface area contributed by atoms with Crippen LogP contribution in [0.2, 0.25) is 0 Å². The standard InChI is InChI=1S/C16H31FN2/c1-15(2,3)13-7-8-18(11-14(13)17)12-9-19(10-12)16(4,5)6/h12-14H,7-11H2,1-6H3/t13-,14-/m0/s1. The van der Waals surface area contributed by atoms with Crippen molar-refractivity contribution in [3.63, 3.8) is 0 Å². The number of alkyl halides is 1. The molecule has 0 aliphatic carbocycles. The summed E-state index contributed by atoms with van der Waals surface area (Å²) in [5.74, 6) is 0.225. The van der Waals surface area contributed by atoms with Crippen molar-refractivity contribution < 1.29 is 4.39 Å². The van der Waals surface area contributed by atoms with E-state index < -0.39 is 6.17 Å². The van der Waals surface area contributed by atoms with Gasteiger partial charge in [-0.15, -0.1) is 0 Å². The molecule has 0 aromatic heterocycles. The minimum Gasteiger partial charge on any atom is -0.295 e. The van der Waals surface area contributed by atoms with E-state index in [1.807, 2.05) is 0 Å². The molecule has 2 nitrogen and oxygen atoms in total. The Morgan fingerprint density at radius 3 is 1.95 bits per heavy atom. The molecule has 2 aliphatic rings. The minimum atomic E-state index is -0.655. The molecule has 0 spiro atoms. The van der Waals surface area contributed by atoms with Gasteiger partial charge in [-0.1, -0.05) is 20.8 Å². The number of likely N-dealkylation sites (tertiary alicyclic amines) is 2. The van der Waals surface area contributed by atoms with E-state index in [-0.39, 0.29) is 16.9 Å². The maximum absolute atomic E-state index is 14.4. The fraction of sp³-hybridized carbons (Fsp3) is 1.00. The Labute approximate surface area is 118 Å². The average molecular weight is 270 g/mol. The molecule has 2 fully saturated rings. The summed E-state index contributed by atoms with van der Waals surface area (Å²) >= 11 is 0. The molecule has 3 heteroatoms. The molecule has 2 saturated heterocycles. The van der Waals surface area contributed by atoms with Crippen LogP contribution in [0.4, 0.5) is 4.39 Å². The van der Waals surface area contributed by atoms with Gasteiger partial charge in [0.05, 0.1) is 0 Å². The molecule has 2 aliphatic heterocycles. The second-order valence-electron chi connectivity index (χ2n) is 8.50. The van der Waals surface area contributed by atoms with Crippen molar-refractivity contribution in [2.45, 2.75) is 65.7 Å². The second kappa shape index (κ2) is 5.00. The molecule has 2 rings (SSSR count). The van der Waals surface area contributed by atoms with Crippen LogP contribution in [0.15, 0.2) is 0 Å². The predicted molar refractivity (Wildman–Crippen MR) is 79.1 cm³/mol. The molecular formula is C16H31FN2. The Kier molecular flexibility index (Phi) is 4.01. The number of hydrogen-bond donors (Lipinski definition) is 0. The summed E-state index contributed by atoms with van der Waals surface area (Å²) in [6.07, 6.45) is 0.355. The maximum Gasteiger partial charge on any atom is 0.116 e. The van der Waals surface area contributed by atoms with Gasteiger partial charge in [-0.2, -0.15) is 0 Å². The summed E-state index contributed by atoms with van der Waals surface area (Å²) in [5, 5.41) is 0. The zero-order chi connectivity index (χ0) is 14.4. The molecule has 0 N–H and O–H groups in total. The first-order chi connectivity index (χ1) is 8.59. The van der Waals surface area contributed by atoms with Crippen LogP contribution < -0.4 is 0 Å². The summed E-state index contributed by atoms with van der Waals surface area (Å²) < 4.78 is 14.4. The van der Waals surface area contributed by atoms with Crippen LogP contribution in [0.1, 0.15) is 48.0 Å². The smallest absolute Gasteiger partial charge is 0.116 e. The predicted octanol–water partition coefficient (Wildman–Crippen LogP) is 3.18. The maximum atomic E-state index is 14.4. The molecular weight excluding hydrogens is 239 g/mol. The molecule has 0 aromatic carbocycles. The summed E-state index contributed by atoms with van der Waals surface area (Å²) in [6, 6.07) is 0.582. The first-order valence-electron chi connectivity index (χ1n) is 7.72. The van der Waals surface area contributed by atoms with Gasteiger partial charge in [-0.25, -0.2) is 4.39 Å². The first kappa shape index (κ1) is 15.2. The summed E-state index contributed by atoms with van der Waals surface area (Å²) in [6.45, 7) is 17.2. The summed E-state index contributed by atoms with van der Waals surface area (Å²) in [7, 11) is 0. The fourth-order valence-corrected chi connectivity index (χ4v) is 3.47. The molecule has 2 atom stereocenters. The van der Waals surface area contributed by atoms with Crippen LogP contribution in [0.5, 0.6) is 0 Å². The highest BCUT2D eigenvalue weighted by atomic mass is 19.1. The van der Waals surface area contributed by atoms with Crippen LogP contribution in [0.25, 0.3) is 0 Å². The number of rotatable bonds is 1. The van der Waals surface area contributed by atoms with E-state index in [1.54, 1.807) is 0 Å². The number of hydrogen-bond acceptors (Lipinski definition) is 2. The molecule has 0 aromatic rings. The third-order valence-electron chi connectivity index (χ3n) is 5.01. The molecule has 0 radical (unpaired) electrons. The summed E-state index contributed by atoms with van der Waals surface area (Å²) in [5.41, 5.74) is 0.359. The lowest BCUT2D eigenvalue weighted by atomic mass is 9.74. The molecule has 2 heterocycles. The van der Waals surface area contributed by atoms with Crippen molar-refractivity contribution in [1.29, 1.82) is 0 Å². The third-order valence-corrected chi connectivity index (χ3v) is 5.01. The van der Waals surface area contributed by atoms with Crippen molar-refractivity contribution in [2.24, 2.45) is 11.3 Å². The van der Waals surface area contributed by atoms with Crippen LogP contribution in [-0.2, 0) is 0 Å². The van der Waals surface area contributed by atoms with Crippen molar-refractivity contribution in [1.82, 2.24) is 9.80 Å². The minimum absolute atomic E-state index is 0.0998. The lowest BCUT2D eigenvalue weighted by Crippen LogP contribution is -2.66. The largest absolute Gasteiger partial charge is 0.295 e. The molecule has 19 heavy (non-hydrogen) atoms. The van der Waals surface area contributed by atoms with Crippen molar-refractivity contribution >= 4 is 0 Å². The number of nitrogens with zero attached hydrogens (tertiary/aromatic N) is 2. The van der Waals surface area contributed by atoms with Gasteiger partial charge in [0, 0.05) is 31.2 Å². The van der Waals surface area contributed by atoms with Gasteiger partial charge in [-0.05, 0) is 45.1 Å². The van der Waals surface area contributed by atoms with Crippen molar-refractivity contribution in [2.75, 3.05) is 26.2 Å². The van der Waals surface area contributed by atoms with E-state index in [0.29, 0.717) is 12.6 Å². The van der Waals surface area contributed by atoms with Gasteiger partial charge in [0.1, 0.15) is 6.17 Å². The van der Waals surface area contributed by atoms with E-state index in [0.717, 1.165) is 26.1 Å². The van der Waals surface area contributed by atoms with E-state index in [2.05, 4.69) is 51.3 Å². The average Bonchev–Trinajstić information content (AvgIpc) is 2.10. The molecule has 0 unspecified atom stereocenters. The fourth-order valence-electron chi connectivity index (χ4n) is 3.47. The lowest BCUT2D eigenvalue weighted by molar-refractivity contribution is -0.0610. The Morgan fingerprint density at radius 1 is 0.947 bits per heavy atom. The van der Waals surface area contributed by atoms with Crippen molar-refractivity contribution in [3.05, 3.63) is 0 Å². The van der Waals surface area contributed by atoms with Gasteiger partial charge >= 0.3 is 0 Å². The van der Waals surface area contributed by atoms with E-state index >= 15 is 0 Å². The van der Waals surface area contributed by atoms with E-state index in [9.17, 15) is 4.39 Å². The van der Waals surface area contributed by atoms with Gasteiger partial charge in [0.2, 0.25) is 0 Å². The van der Waals surface area contributed by atoms with Crippen LogP contribution >= 0.6 is 0 Å². The van der Waals surface area contributed by atoms with Crippen LogP contribution in [-0.4, -0.2) is 53.7 Å². The highest BCUT2D eigenvalue weighted by molar-refractivity contribution is 4.97. The quantitative estimate of drug-likeness (QED) is 0.722. The highest BCUT2D eigenvalue weighted by Gasteiger charge is 2.43. The molecule has 112 valence electrons. The second-order valence-corrected chi connectivity index (χ2v) is 8.50. The van der Waals surface area contributed by atoms with Crippen molar-refractivity contribution in [3.8, 4) is 0 Å². The van der Waals surface area contributed by atoms with E-state index in [1.165, 1.54) is 0 Å². The zero-order valence-electron chi connectivity index (χ0n) is 13.5. The molecule has 0 bridgehead atoms. The monoisotopic (exact) mass is 270 g/mol. The topological polar surface area (TPSA) is 6.48 Å². The molecule has 0 amide bonds. The highest BCUT2D eigenvalue weighted by Crippen LogP contribution is 2.37. The van der Waals surface area contributed by atoms with Gasteiger partial charge in [0.15, 0.2) is 0 Å². The Morgan fingerprint density at radius 2 is 1.53 bits per heavy atom. The normalized spacial score (nSPS) is 32.4. The molecule has 0 saturated carbocycles. The zero-order valence-corrected chi connectivity index (χ0v) is 13.5. The first-order valence-corrected chi connectivity index (χ1v) is 7.72. The third kappa shape index (κ3) is 3.30. The van der Waals surface area contributed by atoms with E-state index in [4.69, 9.17) is 0 Å². The Bertz CT molecular complexity index is 310.